The number of rotatable bonds is 21. The SMILES string of the molecule is CCCCCCCCN(CCCCCCCC)C[C@H]1O[C@@H](c2ccc(NC(=O)NC34CC5CC(CC(C5)C3)C4)cc2)O[C@@H](c2ccc(CO)cc2)[C@H]1C. The van der Waals surface area contributed by atoms with Crippen LogP contribution in [0, 0.1) is 23.7 Å². The van der Waals surface area contributed by atoms with Crippen LogP contribution in [0.3, 0.4) is 0 Å². The largest absolute Gasteiger partial charge is 0.392 e. The first-order valence-corrected chi connectivity index (χ1v) is 21.8. The van der Waals surface area contributed by atoms with Gasteiger partial charge >= 0.3 is 6.03 Å². The number of hydrogen-bond acceptors (Lipinski definition) is 5. The number of carbonyl (C=O) groups excluding carboxylic acids is 1. The molecule has 1 aliphatic heterocycles. The molecule has 7 nitrogen and oxygen atoms in total. The van der Waals surface area contributed by atoms with Gasteiger partial charge in [-0.05, 0) is 105 Å². The lowest BCUT2D eigenvalue weighted by Crippen LogP contribution is -2.60. The average molecular weight is 730 g/mol. The summed E-state index contributed by atoms with van der Waals surface area (Å²) in [5, 5.41) is 16.3. The number of aliphatic hydroxyl groups is 1. The second-order valence-corrected chi connectivity index (χ2v) is 17.6. The Kier molecular flexibility index (Phi) is 15.1. The Hall–Kier alpha value is -2.45. The summed E-state index contributed by atoms with van der Waals surface area (Å²) in [5.41, 5.74) is 3.75. The third-order valence-electron chi connectivity index (χ3n) is 13.1. The number of anilines is 1. The predicted octanol–water partition coefficient (Wildman–Crippen LogP) is 11.1. The Morgan fingerprint density at radius 1 is 0.736 bits per heavy atom. The highest BCUT2D eigenvalue weighted by Gasteiger charge is 2.51. The van der Waals surface area contributed by atoms with Crippen LogP contribution < -0.4 is 10.6 Å². The van der Waals surface area contributed by atoms with E-state index in [-0.39, 0.29) is 36.3 Å². The highest BCUT2D eigenvalue weighted by Crippen LogP contribution is 2.55. The van der Waals surface area contributed by atoms with Gasteiger partial charge in [0.05, 0.1) is 18.8 Å². The van der Waals surface area contributed by atoms with Crippen LogP contribution >= 0.6 is 0 Å². The molecule has 7 rings (SSSR count). The molecule has 3 N–H and O–H groups in total. The van der Waals surface area contributed by atoms with Crippen LogP contribution in [0.5, 0.6) is 0 Å². The Labute approximate surface area is 321 Å². The number of nitrogens with one attached hydrogen (secondary N) is 2. The first kappa shape index (κ1) is 40.2. The zero-order valence-electron chi connectivity index (χ0n) is 33.3. The molecule has 5 aliphatic rings. The van der Waals surface area contributed by atoms with Crippen LogP contribution in [0.15, 0.2) is 48.5 Å². The van der Waals surface area contributed by atoms with Gasteiger partial charge in [-0.3, -0.25) is 0 Å². The molecule has 4 atom stereocenters. The third kappa shape index (κ3) is 11.3. The van der Waals surface area contributed by atoms with Gasteiger partial charge in [-0.15, -0.1) is 0 Å². The van der Waals surface area contributed by atoms with E-state index in [1.165, 1.54) is 96.3 Å². The van der Waals surface area contributed by atoms with Gasteiger partial charge in [0.25, 0.3) is 0 Å². The van der Waals surface area contributed by atoms with Gasteiger partial charge in [0.2, 0.25) is 0 Å². The summed E-state index contributed by atoms with van der Waals surface area (Å²) >= 11 is 0. The van der Waals surface area contributed by atoms with Crippen molar-refractivity contribution in [2.45, 2.75) is 167 Å². The molecule has 7 heteroatoms. The maximum Gasteiger partial charge on any atom is 0.319 e. The summed E-state index contributed by atoms with van der Waals surface area (Å²) < 4.78 is 13.7. The number of amides is 2. The number of benzene rings is 2. The molecule has 1 heterocycles. The molecule has 0 aromatic heterocycles. The van der Waals surface area contributed by atoms with Gasteiger partial charge in [0.15, 0.2) is 6.29 Å². The number of carbonyl (C=O) groups is 1. The van der Waals surface area contributed by atoms with Crippen molar-refractivity contribution in [2.75, 3.05) is 25.0 Å². The summed E-state index contributed by atoms with van der Waals surface area (Å²) in [6, 6.07) is 16.2. The normalized spacial score (nSPS) is 29.1. The van der Waals surface area contributed by atoms with Gasteiger partial charge in [0.1, 0.15) is 0 Å². The fourth-order valence-corrected chi connectivity index (χ4v) is 10.5. The Morgan fingerprint density at radius 2 is 1.26 bits per heavy atom. The quantitative estimate of drug-likeness (QED) is 0.111. The maximum atomic E-state index is 13.3. The highest BCUT2D eigenvalue weighted by atomic mass is 16.7. The molecule has 4 saturated carbocycles. The summed E-state index contributed by atoms with van der Waals surface area (Å²) in [7, 11) is 0. The van der Waals surface area contributed by atoms with Gasteiger partial charge < -0.3 is 30.1 Å². The zero-order valence-corrected chi connectivity index (χ0v) is 33.3. The number of urea groups is 1. The molecule has 294 valence electrons. The fourth-order valence-electron chi connectivity index (χ4n) is 10.5. The average Bonchev–Trinajstić information content (AvgIpc) is 3.14. The number of ether oxygens (including phenoxy) is 2. The fraction of sp³-hybridized carbons (Fsp3) is 0.717. The highest BCUT2D eigenvalue weighted by molar-refractivity contribution is 5.89. The first-order chi connectivity index (χ1) is 25.9. The summed E-state index contributed by atoms with van der Waals surface area (Å²) in [5.74, 6) is 2.52. The Balaban J connectivity index is 1.12. The van der Waals surface area contributed by atoms with E-state index in [0.29, 0.717) is 0 Å². The van der Waals surface area contributed by atoms with E-state index in [0.717, 1.165) is 79.0 Å². The summed E-state index contributed by atoms with van der Waals surface area (Å²) in [6.07, 6.45) is 22.5. The first-order valence-electron chi connectivity index (χ1n) is 21.8. The van der Waals surface area contributed by atoms with Gasteiger partial charge in [-0.1, -0.05) is 121 Å². The lowest BCUT2D eigenvalue weighted by molar-refractivity contribution is -0.276. The molecule has 0 radical (unpaired) electrons. The van der Waals surface area contributed by atoms with E-state index in [9.17, 15) is 9.90 Å². The molecule has 0 unspecified atom stereocenters. The molecule has 4 bridgehead atoms. The predicted molar refractivity (Wildman–Crippen MR) is 216 cm³/mol. The molecule has 0 spiro atoms. The minimum absolute atomic E-state index is 0.000288. The molecule has 2 aromatic rings. The van der Waals surface area contributed by atoms with Crippen molar-refractivity contribution in [1.82, 2.24) is 10.2 Å². The second kappa shape index (κ2) is 19.9. The van der Waals surface area contributed by atoms with E-state index >= 15 is 0 Å². The number of nitrogens with zero attached hydrogens (tertiary/aromatic N) is 1. The standard InChI is InChI=1S/C46H71N3O4/c1-4-6-8-10-12-14-24-49(25-15-13-11-9-7-5-2)32-42-34(3)43(39-18-16-35(33-50)17-19-39)53-44(52-42)40-20-22-41(23-21-40)47-45(51)48-46-29-36-26-37(30-46)28-38(27-36)31-46/h16-23,34,36-38,42-44,50H,4-15,24-33H2,1-3H3,(H2,47,48,51)/t34-,36?,37?,38?,42+,43+,44+,46?/m0/s1. The topological polar surface area (TPSA) is 83.1 Å². The molecule has 4 aliphatic carbocycles. The van der Waals surface area contributed by atoms with E-state index in [2.05, 4.69) is 48.4 Å². The second-order valence-electron chi connectivity index (χ2n) is 17.6. The smallest absolute Gasteiger partial charge is 0.319 e. The Morgan fingerprint density at radius 3 is 1.81 bits per heavy atom. The lowest BCUT2D eigenvalue weighted by Gasteiger charge is -2.56. The van der Waals surface area contributed by atoms with E-state index in [1.54, 1.807) is 0 Å². The van der Waals surface area contributed by atoms with Crippen molar-refractivity contribution < 1.29 is 19.4 Å². The van der Waals surface area contributed by atoms with Crippen molar-refractivity contribution >= 4 is 11.7 Å². The summed E-state index contributed by atoms with van der Waals surface area (Å²) in [6.45, 7) is 9.98. The molecule has 2 amide bonds. The Bertz CT molecular complexity index is 1330. The lowest BCUT2D eigenvalue weighted by atomic mass is 9.53. The van der Waals surface area contributed by atoms with Crippen molar-refractivity contribution in [1.29, 1.82) is 0 Å². The van der Waals surface area contributed by atoms with Crippen molar-refractivity contribution in [3.63, 3.8) is 0 Å². The van der Waals surface area contributed by atoms with E-state index < -0.39 is 6.29 Å². The monoisotopic (exact) mass is 730 g/mol. The number of unbranched alkanes of at least 4 members (excludes halogenated alkanes) is 10. The molecule has 2 aromatic carbocycles. The van der Waals surface area contributed by atoms with Gasteiger partial charge in [0, 0.05) is 29.3 Å². The van der Waals surface area contributed by atoms with Crippen LogP contribution in [0.2, 0.25) is 0 Å². The molecule has 53 heavy (non-hydrogen) atoms. The minimum Gasteiger partial charge on any atom is -0.392 e. The van der Waals surface area contributed by atoms with Crippen LogP contribution in [0.1, 0.15) is 165 Å². The third-order valence-corrected chi connectivity index (χ3v) is 13.1. The molecule has 5 fully saturated rings. The van der Waals surface area contributed by atoms with Gasteiger partial charge in [-0.2, -0.15) is 0 Å². The maximum absolute atomic E-state index is 13.3. The van der Waals surface area contributed by atoms with Crippen molar-refractivity contribution in [3.05, 3.63) is 65.2 Å². The molecular weight excluding hydrogens is 659 g/mol. The number of aliphatic hydroxyl groups excluding tert-OH is 1. The van der Waals surface area contributed by atoms with Crippen molar-refractivity contribution in [3.8, 4) is 0 Å². The van der Waals surface area contributed by atoms with E-state index in [1.807, 2.05) is 36.4 Å². The van der Waals surface area contributed by atoms with Gasteiger partial charge in [-0.25, -0.2) is 4.79 Å². The number of hydrogen-bond donors (Lipinski definition) is 3. The summed E-state index contributed by atoms with van der Waals surface area (Å²) in [4.78, 5) is 16.0. The molecular formula is C46H71N3O4. The molecule has 1 saturated heterocycles. The van der Waals surface area contributed by atoms with E-state index in [4.69, 9.17) is 9.47 Å². The zero-order chi connectivity index (χ0) is 37.0. The van der Waals surface area contributed by atoms with Crippen LogP contribution in [0.25, 0.3) is 0 Å². The van der Waals surface area contributed by atoms with Crippen LogP contribution in [-0.4, -0.2) is 47.3 Å². The minimum atomic E-state index is -0.515. The van der Waals surface area contributed by atoms with Crippen LogP contribution in [0.4, 0.5) is 10.5 Å². The van der Waals surface area contributed by atoms with Crippen molar-refractivity contribution in [2.24, 2.45) is 23.7 Å². The van der Waals surface area contributed by atoms with Crippen LogP contribution in [-0.2, 0) is 16.1 Å².